The second-order valence-corrected chi connectivity index (χ2v) is 6.59. The van der Waals surface area contributed by atoms with Crippen molar-refractivity contribution in [3.8, 4) is 0 Å². The molecule has 0 bridgehead atoms. The third-order valence-corrected chi connectivity index (χ3v) is 4.14. The lowest BCUT2D eigenvalue weighted by Gasteiger charge is -2.06. The molecule has 2 rings (SSSR count). The Bertz CT molecular complexity index is 654. The second kappa shape index (κ2) is 7.38. The van der Waals surface area contributed by atoms with E-state index in [9.17, 15) is 9.59 Å². The zero-order valence-electron chi connectivity index (χ0n) is 11.4. The van der Waals surface area contributed by atoms with Gasteiger partial charge in [-0.2, -0.15) is 0 Å². The van der Waals surface area contributed by atoms with Gasteiger partial charge in [-0.15, -0.1) is 11.3 Å². The monoisotopic (exact) mass is 367 g/mol. The number of esters is 1. The first kappa shape index (κ1) is 15.7. The molecule has 6 heteroatoms. The van der Waals surface area contributed by atoms with Crippen molar-refractivity contribution in [3.05, 3.63) is 56.2 Å². The van der Waals surface area contributed by atoms with Gasteiger partial charge in [0.05, 0.1) is 4.88 Å². The van der Waals surface area contributed by atoms with Crippen molar-refractivity contribution in [2.75, 3.05) is 6.54 Å². The molecule has 0 aliphatic heterocycles. The topological polar surface area (TPSA) is 55.4 Å². The summed E-state index contributed by atoms with van der Waals surface area (Å²) in [6.45, 7) is 1.98. The number of ether oxygens (including phenoxy) is 1. The minimum absolute atomic E-state index is 0.135. The summed E-state index contributed by atoms with van der Waals surface area (Å²) >= 11 is 4.74. The Labute approximate surface area is 135 Å². The van der Waals surface area contributed by atoms with Gasteiger partial charge in [-0.1, -0.05) is 28.1 Å². The Hall–Kier alpha value is -1.66. The van der Waals surface area contributed by atoms with E-state index in [1.807, 2.05) is 37.3 Å². The van der Waals surface area contributed by atoms with Crippen LogP contribution >= 0.6 is 27.3 Å². The summed E-state index contributed by atoms with van der Waals surface area (Å²) in [6.07, 6.45) is 0. The van der Waals surface area contributed by atoms with Crippen molar-refractivity contribution in [3.63, 3.8) is 0 Å². The van der Waals surface area contributed by atoms with E-state index in [0.717, 1.165) is 14.9 Å². The Morgan fingerprint density at radius 2 is 2.10 bits per heavy atom. The van der Waals surface area contributed by atoms with Gasteiger partial charge in [0.1, 0.15) is 13.2 Å². The number of rotatable bonds is 5. The van der Waals surface area contributed by atoms with Crippen LogP contribution in [0.2, 0.25) is 0 Å². The summed E-state index contributed by atoms with van der Waals surface area (Å²) in [5.74, 6) is -0.718. The summed E-state index contributed by atoms with van der Waals surface area (Å²) in [4.78, 5) is 25.0. The lowest BCUT2D eigenvalue weighted by molar-refractivity contribution is -0.143. The van der Waals surface area contributed by atoms with Crippen molar-refractivity contribution < 1.29 is 14.3 Å². The molecule has 0 unspecified atom stereocenters. The molecule has 2 aromatic rings. The molecule has 110 valence electrons. The van der Waals surface area contributed by atoms with Crippen molar-refractivity contribution in [1.29, 1.82) is 0 Å². The van der Waals surface area contributed by atoms with E-state index in [2.05, 4.69) is 21.2 Å². The highest BCUT2D eigenvalue weighted by Crippen LogP contribution is 2.14. The molecule has 0 saturated heterocycles. The molecule has 0 fully saturated rings. The molecule has 0 spiro atoms. The molecule has 1 amide bonds. The van der Waals surface area contributed by atoms with Gasteiger partial charge < -0.3 is 10.1 Å². The Kier molecular flexibility index (Phi) is 5.52. The molecule has 1 aromatic heterocycles. The van der Waals surface area contributed by atoms with Crippen LogP contribution in [0.3, 0.4) is 0 Å². The van der Waals surface area contributed by atoms with Gasteiger partial charge in [0.2, 0.25) is 0 Å². The fraction of sp³-hybridized carbons (Fsp3) is 0.200. The summed E-state index contributed by atoms with van der Waals surface area (Å²) in [5, 5.41) is 2.55. The van der Waals surface area contributed by atoms with Gasteiger partial charge in [0.25, 0.3) is 5.91 Å². The van der Waals surface area contributed by atoms with E-state index in [4.69, 9.17) is 4.74 Å². The number of hydrogen-bond acceptors (Lipinski definition) is 4. The third-order valence-electron chi connectivity index (χ3n) is 2.65. The van der Waals surface area contributed by atoms with Crippen molar-refractivity contribution >= 4 is 39.1 Å². The number of halogens is 1. The molecule has 0 radical (unpaired) electrons. The van der Waals surface area contributed by atoms with E-state index in [0.29, 0.717) is 4.88 Å². The molecule has 1 aromatic carbocycles. The summed E-state index contributed by atoms with van der Waals surface area (Å²) < 4.78 is 6.03. The quantitative estimate of drug-likeness (QED) is 0.824. The first-order valence-corrected chi connectivity index (χ1v) is 7.90. The molecular weight excluding hydrogens is 354 g/mol. The summed E-state index contributed by atoms with van der Waals surface area (Å²) in [6, 6.07) is 11.1. The van der Waals surface area contributed by atoms with Crippen molar-refractivity contribution in [2.24, 2.45) is 0 Å². The number of thiophene rings is 1. The van der Waals surface area contributed by atoms with Gasteiger partial charge in [0, 0.05) is 9.35 Å². The van der Waals surface area contributed by atoms with Crippen molar-refractivity contribution in [2.45, 2.75) is 13.5 Å². The number of aryl methyl sites for hydroxylation is 1. The van der Waals surface area contributed by atoms with Crippen molar-refractivity contribution in [1.82, 2.24) is 5.32 Å². The minimum atomic E-state index is -0.461. The molecule has 1 heterocycles. The molecule has 0 atom stereocenters. The van der Waals surface area contributed by atoms with Crippen LogP contribution in [0.25, 0.3) is 0 Å². The molecule has 0 aliphatic rings. The fourth-order valence-corrected chi connectivity index (χ4v) is 2.87. The predicted molar refractivity (Wildman–Crippen MR) is 85.3 cm³/mol. The van der Waals surface area contributed by atoms with E-state index < -0.39 is 5.97 Å². The Morgan fingerprint density at radius 3 is 2.76 bits per heavy atom. The standard InChI is InChI=1S/C15H14BrNO3S/c1-10-5-6-13(21-10)15(19)17-8-14(18)20-9-11-3-2-4-12(16)7-11/h2-7H,8-9H2,1H3,(H,17,19). The third kappa shape index (κ3) is 4.99. The smallest absolute Gasteiger partial charge is 0.325 e. The zero-order chi connectivity index (χ0) is 15.2. The average Bonchev–Trinajstić information content (AvgIpc) is 2.89. The van der Waals surface area contributed by atoms with Crippen LogP contribution < -0.4 is 5.32 Å². The molecule has 4 nitrogen and oxygen atoms in total. The van der Waals surface area contributed by atoms with Gasteiger partial charge in [-0.05, 0) is 36.8 Å². The first-order valence-electron chi connectivity index (χ1n) is 6.29. The van der Waals surface area contributed by atoms with Crippen LogP contribution in [0.5, 0.6) is 0 Å². The lowest BCUT2D eigenvalue weighted by atomic mass is 10.2. The lowest BCUT2D eigenvalue weighted by Crippen LogP contribution is -2.30. The van der Waals surface area contributed by atoms with Gasteiger partial charge in [-0.3, -0.25) is 9.59 Å². The maximum Gasteiger partial charge on any atom is 0.325 e. The molecule has 0 aliphatic carbocycles. The highest BCUT2D eigenvalue weighted by molar-refractivity contribution is 9.10. The second-order valence-electron chi connectivity index (χ2n) is 4.38. The van der Waals surface area contributed by atoms with Gasteiger partial charge in [-0.25, -0.2) is 0 Å². The van der Waals surface area contributed by atoms with Crippen LogP contribution in [0, 0.1) is 6.92 Å². The molecular formula is C15H14BrNO3S. The van der Waals surface area contributed by atoms with E-state index in [1.54, 1.807) is 6.07 Å². The van der Waals surface area contributed by atoms with E-state index in [1.165, 1.54) is 11.3 Å². The van der Waals surface area contributed by atoms with Crippen LogP contribution in [-0.4, -0.2) is 18.4 Å². The number of carbonyl (C=O) groups excluding carboxylic acids is 2. The average molecular weight is 368 g/mol. The van der Waals surface area contributed by atoms with Crippen LogP contribution in [0.15, 0.2) is 40.9 Å². The summed E-state index contributed by atoms with van der Waals surface area (Å²) in [5.41, 5.74) is 0.887. The zero-order valence-corrected chi connectivity index (χ0v) is 13.8. The first-order chi connectivity index (χ1) is 10.0. The SMILES string of the molecule is Cc1ccc(C(=O)NCC(=O)OCc2cccc(Br)c2)s1. The number of amides is 1. The molecule has 21 heavy (non-hydrogen) atoms. The maximum atomic E-state index is 11.8. The minimum Gasteiger partial charge on any atom is -0.460 e. The Morgan fingerprint density at radius 1 is 1.29 bits per heavy atom. The summed E-state index contributed by atoms with van der Waals surface area (Å²) in [7, 11) is 0. The molecule has 1 N–H and O–H groups in total. The van der Waals surface area contributed by atoms with Gasteiger partial charge in [0.15, 0.2) is 0 Å². The van der Waals surface area contributed by atoms with E-state index in [-0.39, 0.29) is 19.1 Å². The van der Waals surface area contributed by atoms with Crippen LogP contribution in [0.4, 0.5) is 0 Å². The Balaban J connectivity index is 1.76. The number of benzene rings is 1. The predicted octanol–water partition coefficient (Wildman–Crippen LogP) is 3.29. The van der Waals surface area contributed by atoms with Crippen LogP contribution in [-0.2, 0) is 16.1 Å². The fourth-order valence-electron chi connectivity index (χ4n) is 1.64. The largest absolute Gasteiger partial charge is 0.460 e. The molecule has 0 saturated carbocycles. The normalized spacial score (nSPS) is 10.2. The van der Waals surface area contributed by atoms with Crippen LogP contribution in [0.1, 0.15) is 20.1 Å². The number of hydrogen-bond donors (Lipinski definition) is 1. The number of nitrogens with one attached hydrogen (secondary N) is 1. The number of carbonyl (C=O) groups is 2. The highest BCUT2D eigenvalue weighted by atomic mass is 79.9. The maximum absolute atomic E-state index is 11.8. The van der Waals surface area contributed by atoms with Gasteiger partial charge >= 0.3 is 5.97 Å². The van der Waals surface area contributed by atoms with E-state index >= 15 is 0 Å². The highest BCUT2D eigenvalue weighted by Gasteiger charge is 2.10.